The van der Waals surface area contributed by atoms with Gasteiger partial charge in [-0.25, -0.2) is 18.4 Å². The number of carbonyl (C=O) groups is 1. The molecular formula is C22H17F2N5O2. The molecule has 2 heterocycles. The summed E-state index contributed by atoms with van der Waals surface area (Å²) < 4.78 is 28.7. The van der Waals surface area contributed by atoms with E-state index in [4.69, 9.17) is 4.84 Å². The van der Waals surface area contributed by atoms with Crippen LogP contribution < -0.4 is 10.3 Å². The van der Waals surface area contributed by atoms with Gasteiger partial charge >= 0.3 is 0 Å². The van der Waals surface area contributed by atoms with Gasteiger partial charge in [0.15, 0.2) is 11.6 Å². The highest BCUT2D eigenvalue weighted by molar-refractivity contribution is 5.93. The van der Waals surface area contributed by atoms with Crippen molar-refractivity contribution in [3.05, 3.63) is 101 Å². The SMILES string of the molecule is Cc1c(-n2ccnn2)ncc(Cc2cc(F)cc(F)c2)c1ONC(=O)c1ccccc1. The van der Waals surface area contributed by atoms with Crippen LogP contribution in [0.15, 0.2) is 67.1 Å². The van der Waals surface area contributed by atoms with Gasteiger partial charge in [0.2, 0.25) is 0 Å². The molecule has 7 nitrogen and oxygen atoms in total. The minimum atomic E-state index is -0.682. The summed E-state index contributed by atoms with van der Waals surface area (Å²) in [5.41, 5.74) is 4.32. The van der Waals surface area contributed by atoms with Gasteiger partial charge in [-0.2, -0.15) is 5.48 Å². The molecule has 31 heavy (non-hydrogen) atoms. The molecule has 0 aliphatic rings. The van der Waals surface area contributed by atoms with Crippen LogP contribution in [0.3, 0.4) is 0 Å². The molecule has 0 aliphatic carbocycles. The maximum Gasteiger partial charge on any atom is 0.283 e. The summed E-state index contributed by atoms with van der Waals surface area (Å²) in [7, 11) is 0. The second-order valence-electron chi connectivity index (χ2n) is 6.76. The Hall–Kier alpha value is -4.14. The molecule has 4 aromatic rings. The highest BCUT2D eigenvalue weighted by atomic mass is 19.1. The van der Waals surface area contributed by atoms with Gasteiger partial charge in [-0.3, -0.25) is 4.79 Å². The number of halogens is 2. The number of carbonyl (C=O) groups excluding carboxylic acids is 1. The standard InChI is InChI=1S/C22H17F2N5O2/c1-14-20(31-27-22(30)16-5-3-2-4-6-16)17(9-15-10-18(23)12-19(24)11-15)13-25-21(14)29-8-7-26-28-29/h2-8,10-13H,9H2,1H3,(H,27,30). The van der Waals surface area contributed by atoms with Crippen LogP contribution in [0, 0.1) is 18.6 Å². The molecule has 2 aromatic heterocycles. The summed E-state index contributed by atoms with van der Waals surface area (Å²) in [6.45, 7) is 1.74. The molecule has 1 amide bonds. The molecule has 0 atom stereocenters. The van der Waals surface area contributed by atoms with Crippen LogP contribution in [0.4, 0.5) is 8.78 Å². The Kier molecular flexibility index (Phi) is 5.65. The van der Waals surface area contributed by atoms with E-state index in [1.54, 1.807) is 43.5 Å². The summed E-state index contributed by atoms with van der Waals surface area (Å²) in [6, 6.07) is 11.8. The Bertz CT molecular complexity index is 1190. The zero-order valence-electron chi connectivity index (χ0n) is 16.4. The fraction of sp³-hybridized carbons (Fsp3) is 0.0909. The third kappa shape index (κ3) is 4.55. The van der Waals surface area contributed by atoms with Crippen molar-refractivity contribution in [2.75, 3.05) is 0 Å². The monoisotopic (exact) mass is 421 g/mol. The Morgan fingerprint density at radius 2 is 1.87 bits per heavy atom. The van der Waals surface area contributed by atoms with Gasteiger partial charge in [0.25, 0.3) is 5.91 Å². The molecule has 0 radical (unpaired) electrons. The molecule has 0 unspecified atom stereocenters. The van der Waals surface area contributed by atoms with E-state index in [-0.39, 0.29) is 6.42 Å². The quantitative estimate of drug-likeness (QED) is 0.482. The fourth-order valence-corrected chi connectivity index (χ4v) is 3.14. The van der Waals surface area contributed by atoms with Crippen LogP contribution in [-0.2, 0) is 6.42 Å². The Labute approximate surface area is 176 Å². The third-order valence-corrected chi connectivity index (χ3v) is 4.55. The predicted molar refractivity (Wildman–Crippen MR) is 108 cm³/mol. The zero-order chi connectivity index (χ0) is 21.8. The smallest absolute Gasteiger partial charge is 0.283 e. The van der Waals surface area contributed by atoms with Gasteiger partial charge in [-0.1, -0.05) is 23.4 Å². The number of nitrogens with one attached hydrogen (secondary N) is 1. The summed E-state index contributed by atoms with van der Waals surface area (Å²) in [5.74, 6) is -1.07. The molecule has 0 bridgehead atoms. The summed E-state index contributed by atoms with van der Waals surface area (Å²) in [4.78, 5) is 22.5. The van der Waals surface area contributed by atoms with Gasteiger partial charge in [0, 0.05) is 35.4 Å². The first-order chi connectivity index (χ1) is 15.0. The lowest BCUT2D eigenvalue weighted by Gasteiger charge is -2.16. The molecule has 0 saturated heterocycles. The van der Waals surface area contributed by atoms with Gasteiger partial charge in [-0.15, -0.1) is 5.10 Å². The maximum absolute atomic E-state index is 13.6. The first kappa shape index (κ1) is 20.1. The molecule has 1 N–H and O–H groups in total. The van der Waals surface area contributed by atoms with Crippen LogP contribution >= 0.6 is 0 Å². The van der Waals surface area contributed by atoms with Crippen molar-refractivity contribution in [2.45, 2.75) is 13.3 Å². The van der Waals surface area contributed by atoms with Crippen LogP contribution in [0.5, 0.6) is 5.75 Å². The van der Waals surface area contributed by atoms with E-state index >= 15 is 0 Å². The summed E-state index contributed by atoms with van der Waals surface area (Å²) >= 11 is 0. The average molecular weight is 421 g/mol. The van der Waals surface area contributed by atoms with Crippen molar-refractivity contribution in [2.24, 2.45) is 0 Å². The van der Waals surface area contributed by atoms with Crippen molar-refractivity contribution >= 4 is 5.91 Å². The van der Waals surface area contributed by atoms with E-state index in [0.717, 1.165) is 6.07 Å². The molecule has 9 heteroatoms. The number of benzene rings is 2. The van der Waals surface area contributed by atoms with Crippen molar-refractivity contribution in [3.63, 3.8) is 0 Å². The number of aromatic nitrogens is 4. The van der Waals surface area contributed by atoms with E-state index in [9.17, 15) is 13.6 Å². The van der Waals surface area contributed by atoms with E-state index in [1.807, 2.05) is 0 Å². The molecule has 0 spiro atoms. The molecule has 2 aromatic carbocycles. The number of pyridine rings is 1. The summed E-state index contributed by atoms with van der Waals surface area (Å²) in [5, 5.41) is 7.70. The lowest BCUT2D eigenvalue weighted by molar-refractivity contribution is 0.0756. The highest BCUT2D eigenvalue weighted by Crippen LogP contribution is 2.29. The molecule has 4 rings (SSSR count). The van der Waals surface area contributed by atoms with Gasteiger partial charge in [0.1, 0.15) is 11.6 Å². The second-order valence-corrected chi connectivity index (χ2v) is 6.76. The van der Waals surface area contributed by atoms with Gasteiger partial charge in [-0.05, 0) is 36.8 Å². The van der Waals surface area contributed by atoms with Crippen LogP contribution in [-0.4, -0.2) is 25.9 Å². The van der Waals surface area contributed by atoms with Gasteiger partial charge < -0.3 is 4.84 Å². The first-order valence-corrected chi connectivity index (χ1v) is 9.33. The molecule has 0 aliphatic heterocycles. The number of hydrogen-bond acceptors (Lipinski definition) is 5. The molecule has 0 saturated carbocycles. The van der Waals surface area contributed by atoms with Crippen LogP contribution in [0.25, 0.3) is 5.82 Å². The number of hydrogen-bond donors (Lipinski definition) is 1. The van der Waals surface area contributed by atoms with Crippen molar-refractivity contribution in [1.29, 1.82) is 0 Å². The molecule has 0 fully saturated rings. The van der Waals surface area contributed by atoms with Crippen molar-refractivity contribution in [1.82, 2.24) is 25.5 Å². The highest BCUT2D eigenvalue weighted by Gasteiger charge is 2.18. The Balaban J connectivity index is 1.68. The van der Waals surface area contributed by atoms with E-state index < -0.39 is 17.5 Å². The third-order valence-electron chi connectivity index (χ3n) is 4.55. The number of nitrogens with zero attached hydrogens (tertiary/aromatic N) is 4. The van der Waals surface area contributed by atoms with Crippen LogP contribution in [0.2, 0.25) is 0 Å². The van der Waals surface area contributed by atoms with Gasteiger partial charge in [0.05, 0.1) is 12.4 Å². The van der Waals surface area contributed by atoms with E-state index in [0.29, 0.717) is 33.8 Å². The lowest BCUT2D eigenvalue weighted by Crippen LogP contribution is -2.28. The topological polar surface area (TPSA) is 81.9 Å². The van der Waals surface area contributed by atoms with Crippen molar-refractivity contribution in [3.8, 4) is 11.6 Å². The zero-order valence-corrected chi connectivity index (χ0v) is 16.4. The van der Waals surface area contributed by atoms with E-state index in [1.165, 1.54) is 29.2 Å². The average Bonchev–Trinajstić information content (AvgIpc) is 3.28. The summed E-state index contributed by atoms with van der Waals surface area (Å²) in [6.07, 6.45) is 4.76. The minimum absolute atomic E-state index is 0.136. The largest absolute Gasteiger partial charge is 0.378 e. The maximum atomic E-state index is 13.6. The van der Waals surface area contributed by atoms with Crippen LogP contribution in [0.1, 0.15) is 27.0 Å². The fourth-order valence-electron chi connectivity index (χ4n) is 3.14. The first-order valence-electron chi connectivity index (χ1n) is 9.33. The number of hydroxylamine groups is 1. The Morgan fingerprint density at radius 3 is 2.55 bits per heavy atom. The predicted octanol–water partition coefficient (Wildman–Crippen LogP) is 3.56. The second kappa shape index (κ2) is 8.70. The molecule has 156 valence electrons. The lowest BCUT2D eigenvalue weighted by atomic mass is 10.0. The number of rotatable bonds is 6. The molecular weight excluding hydrogens is 404 g/mol. The minimum Gasteiger partial charge on any atom is -0.378 e. The van der Waals surface area contributed by atoms with E-state index in [2.05, 4.69) is 20.8 Å². The normalized spacial score (nSPS) is 10.7. The number of amides is 1. The van der Waals surface area contributed by atoms with Crippen molar-refractivity contribution < 1.29 is 18.4 Å². The Morgan fingerprint density at radius 1 is 1.13 bits per heavy atom.